The van der Waals surface area contributed by atoms with E-state index >= 15 is 0 Å². The Morgan fingerprint density at radius 1 is 1.15 bits per heavy atom. The maximum Gasteiger partial charge on any atom is 0.339 e. The number of carboxylic acid groups (broad SMARTS) is 1. The molecule has 0 amide bonds. The van der Waals surface area contributed by atoms with E-state index in [0.717, 1.165) is 16.9 Å². The summed E-state index contributed by atoms with van der Waals surface area (Å²) in [5.74, 6) is -1.58. The van der Waals surface area contributed by atoms with E-state index in [1.807, 2.05) is 12.2 Å². The fourth-order valence-electron chi connectivity index (χ4n) is 3.76. The Bertz CT molecular complexity index is 1440. The van der Waals surface area contributed by atoms with E-state index in [9.17, 15) is 19.4 Å². The van der Waals surface area contributed by atoms with Gasteiger partial charge in [-0.1, -0.05) is 30.4 Å². The van der Waals surface area contributed by atoms with E-state index in [1.165, 1.54) is 30.7 Å². The number of benzene rings is 1. The third kappa shape index (κ3) is 3.92. The van der Waals surface area contributed by atoms with Gasteiger partial charge in [-0.15, -0.1) is 5.10 Å². The highest BCUT2D eigenvalue weighted by Gasteiger charge is 2.29. The number of aromatic carboxylic acids is 1. The van der Waals surface area contributed by atoms with Crippen LogP contribution >= 0.6 is 0 Å². The van der Waals surface area contributed by atoms with E-state index in [0.29, 0.717) is 24.1 Å². The van der Waals surface area contributed by atoms with E-state index < -0.39 is 5.97 Å². The van der Waals surface area contributed by atoms with Crippen molar-refractivity contribution in [3.8, 4) is 5.75 Å². The molecule has 5 rings (SSSR count). The second kappa shape index (κ2) is 8.66. The zero-order chi connectivity index (χ0) is 23.7. The number of anilines is 2. The van der Waals surface area contributed by atoms with Crippen LogP contribution in [0.1, 0.15) is 28.2 Å². The lowest BCUT2D eigenvalue weighted by Gasteiger charge is -2.16. The van der Waals surface area contributed by atoms with Gasteiger partial charge in [0.1, 0.15) is 17.1 Å². The van der Waals surface area contributed by atoms with Crippen molar-refractivity contribution in [2.45, 2.75) is 12.8 Å². The summed E-state index contributed by atoms with van der Waals surface area (Å²) in [4.78, 5) is 23.9. The van der Waals surface area contributed by atoms with Gasteiger partial charge in [0.2, 0.25) is 0 Å². The van der Waals surface area contributed by atoms with Gasteiger partial charge in [-0.2, -0.15) is 5.10 Å². The van der Waals surface area contributed by atoms with Gasteiger partial charge in [0.15, 0.2) is 17.4 Å². The smallest absolute Gasteiger partial charge is 0.339 e. The number of aromatic nitrogens is 3. The zero-order valence-corrected chi connectivity index (χ0v) is 17.6. The second-order valence-electron chi connectivity index (χ2n) is 7.55. The minimum atomic E-state index is -1.18. The molecule has 0 fully saturated rings. The third-order valence-corrected chi connectivity index (χ3v) is 5.37. The zero-order valence-electron chi connectivity index (χ0n) is 17.6. The Hall–Kier alpha value is -4.73. The van der Waals surface area contributed by atoms with Crippen LogP contribution in [0.15, 0.2) is 82.4 Å². The van der Waals surface area contributed by atoms with Gasteiger partial charge >= 0.3 is 5.97 Å². The molecule has 10 heteroatoms. The molecular weight excluding hydrogens is 439 g/mol. The SMILES string of the molecule is O=C(O)c1cnccc1Nc1nc(C2=NN=C3CC=CC(Cc4ccccc4F)=C32)ncc1O. The molecule has 3 N–H and O–H groups in total. The van der Waals surface area contributed by atoms with Crippen LogP contribution in [0.5, 0.6) is 5.75 Å². The summed E-state index contributed by atoms with van der Waals surface area (Å²) in [6.07, 6.45) is 8.56. The van der Waals surface area contributed by atoms with Crippen LogP contribution in [0.3, 0.4) is 0 Å². The first-order valence-corrected chi connectivity index (χ1v) is 10.3. The molecule has 0 saturated carbocycles. The van der Waals surface area contributed by atoms with Crippen LogP contribution in [0.2, 0.25) is 0 Å². The van der Waals surface area contributed by atoms with Crippen LogP contribution in [-0.4, -0.2) is 42.6 Å². The summed E-state index contributed by atoms with van der Waals surface area (Å²) < 4.78 is 14.3. The lowest BCUT2D eigenvalue weighted by atomic mass is 9.88. The summed E-state index contributed by atoms with van der Waals surface area (Å²) in [5, 5.41) is 31.0. The van der Waals surface area contributed by atoms with Crippen molar-refractivity contribution in [3.05, 3.63) is 95.0 Å². The molecule has 3 heterocycles. The number of rotatable bonds is 6. The summed E-state index contributed by atoms with van der Waals surface area (Å²) in [5.41, 5.74) is 3.30. The molecule has 168 valence electrons. The molecular formula is C24H17FN6O3. The summed E-state index contributed by atoms with van der Waals surface area (Å²) in [7, 11) is 0. The minimum absolute atomic E-state index is 0.00236. The van der Waals surface area contributed by atoms with E-state index in [1.54, 1.807) is 18.2 Å². The maximum atomic E-state index is 14.3. The molecule has 0 radical (unpaired) electrons. The van der Waals surface area contributed by atoms with Gasteiger partial charge in [-0.25, -0.2) is 19.2 Å². The van der Waals surface area contributed by atoms with Crippen LogP contribution in [0.4, 0.5) is 15.9 Å². The first-order valence-electron chi connectivity index (χ1n) is 10.3. The number of pyridine rings is 1. The summed E-state index contributed by atoms with van der Waals surface area (Å²) >= 11 is 0. The average molecular weight is 456 g/mol. The maximum absolute atomic E-state index is 14.3. The van der Waals surface area contributed by atoms with Crippen LogP contribution < -0.4 is 5.32 Å². The van der Waals surface area contributed by atoms with Gasteiger partial charge in [0.05, 0.1) is 17.6 Å². The first-order chi connectivity index (χ1) is 16.5. The highest BCUT2D eigenvalue weighted by Crippen LogP contribution is 2.31. The molecule has 2 aromatic heterocycles. The number of hydrogen-bond donors (Lipinski definition) is 3. The van der Waals surface area contributed by atoms with Gasteiger partial charge in [-0.3, -0.25) is 4.98 Å². The van der Waals surface area contributed by atoms with Gasteiger partial charge in [-0.05, 0) is 23.3 Å². The molecule has 3 aromatic rings. The molecule has 0 bridgehead atoms. The topological polar surface area (TPSA) is 133 Å². The molecule has 1 aliphatic carbocycles. The van der Waals surface area contributed by atoms with Gasteiger partial charge in [0, 0.05) is 30.8 Å². The second-order valence-corrected chi connectivity index (χ2v) is 7.55. The minimum Gasteiger partial charge on any atom is -0.503 e. The fraction of sp³-hybridized carbons (Fsp3) is 0.0833. The number of halogens is 1. The number of nitrogens with zero attached hydrogens (tertiary/aromatic N) is 5. The number of nitrogens with one attached hydrogen (secondary N) is 1. The molecule has 2 aliphatic rings. The standard InChI is InChI=1S/C24H17FN6O3/c25-16-6-2-1-4-13(16)10-14-5-3-7-18-20(14)21(31-30-18)23-27-12-19(32)22(29-23)28-17-8-9-26-11-15(17)24(33)34/h1-6,8-9,11-12,32H,7,10H2,(H,33,34)(H,26,27,28,29). The average Bonchev–Trinajstić information content (AvgIpc) is 3.27. The van der Waals surface area contributed by atoms with Crippen molar-refractivity contribution in [2.75, 3.05) is 5.32 Å². The fourth-order valence-corrected chi connectivity index (χ4v) is 3.76. The van der Waals surface area contributed by atoms with Crippen molar-refractivity contribution >= 4 is 28.9 Å². The third-order valence-electron chi connectivity index (χ3n) is 5.37. The van der Waals surface area contributed by atoms with Crippen molar-refractivity contribution in [1.82, 2.24) is 15.0 Å². The quantitative estimate of drug-likeness (QED) is 0.514. The molecule has 0 unspecified atom stereocenters. The number of carboxylic acids is 1. The molecule has 34 heavy (non-hydrogen) atoms. The lowest BCUT2D eigenvalue weighted by molar-refractivity contribution is 0.0697. The van der Waals surface area contributed by atoms with Crippen LogP contribution in [-0.2, 0) is 6.42 Å². The molecule has 0 spiro atoms. The molecule has 1 aliphatic heterocycles. The van der Waals surface area contributed by atoms with Gasteiger partial charge < -0.3 is 15.5 Å². The van der Waals surface area contributed by atoms with Crippen molar-refractivity contribution in [2.24, 2.45) is 10.2 Å². The molecule has 9 nitrogen and oxygen atoms in total. The highest BCUT2D eigenvalue weighted by atomic mass is 19.1. The number of allylic oxidation sites excluding steroid dienone is 4. The normalized spacial score (nSPS) is 14.5. The first kappa shape index (κ1) is 21.1. The molecule has 1 aromatic carbocycles. The largest absolute Gasteiger partial charge is 0.503 e. The number of carbonyl (C=O) groups is 1. The van der Waals surface area contributed by atoms with Crippen LogP contribution in [0, 0.1) is 5.82 Å². The van der Waals surface area contributed by atoms with E-state index in [-0.39, 0.29) is 34.5 Å². The summed E-state index contributed by atoms with van der Waals surface area (Å²) in [6, 6.07) is 8.01. The van der Waals surface area contributed by atoms with Crippen molar-refractivity contribution in [1.29, 1.82) is 0 Å². The Labute approximate surface area is 192 Å². The van der Waals surface area contributed by atoms with E-state index in [4.69, 9.17) is 0 Å². The van der Waals surface area contributed by atoms with Crippen LogP contribution in [0.25, 0.3) is 0 Å². The Morgan fingerprint density at radius 2 is 2.00 bits per heavy atom. The number of hydrogen-bond acceptors (Lipinski definition) is 8. The monoisotopic (exact) mass is 456 g/mol. The number of aromatic hydroxyl groups is 1. The summed E-state index contributed by atoms with van der Waals surface area (Å²) in [6.45, 7) is 0. The Kier molecular flexibility index (Phi) is 5.38. The molecule has 0 atom stereocenters. The highest BCUT2D eigenvalue weighted by molar-refractivity contribution is 6.32. The predicted octanol–water partition coefficient (Wildman–Crippen LogP) is 3.82. The lowest BCUT2D eigenvalue weighted by Crippen LogP contribution is -2.18. The Morgan fingerprint density at radius 3 is 2.82 bits per heavy atom. The van der Waals surface area contributed by atoms with Crippen molar-refractivity contribution in [3.63, 3.8) is 0 Å². The predicted molar refractivity (Wildman–Crippen MR) is 123 cm³/mol. The van der Waals surface area contributed by atoms with Gasteiger partial charge in [0.25, 0.3) is 0 Å². The Balaban J connectivity index is 1.52. The molecule has 0 saturated heterocycles. The number of fused-ring (bicyclic) bond motifs is 1. The van der Waals surface area contributed by atoms with E-state index in [2.05, 4.69) is 30.5 Å². The van der Waals surface area contributed by atoms with Crippen molar-refractivity contribution < 1.29 is 19.4 Å².